The van der Waals surface area contributed by atoms with Crippen LogP contribution in [0.2, 0.25) is 5.02 Å². The molecule has 6 nitrogen and oxygen atoms in total. The van der Waals surface area contributed by atoms with Crippen LogP contribution < -0.4 is 20.1 Å². The third-order valence-corrected chi connectivity index (χ3v) is 4.34. The molecule has 0 saturated carbocycles. The summed E-state index contributed by atoms with van der Waals surface area (Å²) in [6.07, 6.45) is 1.58. The average molecular weight is 382 g/mol. The van der Waals surface area contributed by atoms with Crippen molar-refractivity contribution < 1.29 is 14.3 Å². The zero-order valence-corrected chi connectivity index (χ0v) is 15.2. The SMILES string of the molecule is Cc1cc(Cl)ccc1NC(=O)c1ccnc(Nc2ccc3c(c2)OCO3)c1. The fourth-order valence-corrected chi connectivity index (χ4v) is 2.95. The molecule has 136 valence electrons. The Bertz CT molecular complexity index is 1020. The number of amides is 1. The van der Waals surface area contributed by atoms with E-state index in [2.05, 4.69) is 15.6 Å². The second-order valence-electron chi connectivity index (χ2n) is 6.04. The summed E-state index contributed by atoms with van der Waals surface area (Å²) < 4.78 is 10.7. The molecule has 0 radical (unpaired) electrons. The normalized spacial score (nSPS) is 11.9. The van der Waals surface area contributed by atoms with E-state index in [1.807, 2.05) is 25.1 Å². The molecule has 0 unspecified atom stereocenters. The van der Waals surface area contributed by atoms with Gasteiger partial charge in [-0.15, -0.1) is 0 Å². The van der Waals surface area contributed by atoms with E-state index in [9.17, 15) is 4.79 Å². The topological polar surface area (TPSA) is 72.5 Å². The number of halogens is 1. The summed E-state index contributed by atoms with van der Waals surface area (Å²) in [5.74, 6) is 1.71. The molecule has 0 bridgehead atoms. The van der Waals surface area contributed by atoms with Gasteiger partial charge in [-0.3, -0.25) is 4.79 Å². The Morgan fingerprint density at radius 3 is 2.78 bits per heavy atom. The van der Waals surface area contributed by atoms with Crippen molar-refractivity contribution in [2.24, 2.45) is 0 Å². The average Bonchev–Trinajstić information content (AvgIpc) is 3.12. The monoisotopic (exact) mass is 381 g/mol. The van der Waals surface area contributed by atoms with E-state index in [1.54, 1.807) is 36.5 Å². The van der Waals surface area contributed by atoms with Gasteiger partial charge in [0.2, 0.25) is 6.79 Å². The van der Waals surface area contributed by atoms with Crippen LogP contribution in [-0.2, 0) is 0 Å². The Hall–Kier alpha value is -3.25. The summed E-state index contributed by atoms with van der Waals surface area (Å²) in [6.45, 7) is 2.11. The van der Waals surface area contributed by atoms with Crippen LogP contribution in [0, 0.1) is 6.92 Å². The number of benzene rings is 2. The summed E-state index contributed by atoms with van der Waals surface area (Å²) in [4.78, 5) is 16.8. The molecule has 1 amide bonds. The standard InChI is InChI=1S/C20H16ClN3O3/c1-12-8-14(21)2-4-16(12)24-20(25)13-6-7-22-19(9-13)23-15-3-5-17-18(10-15)27-11-26-17/h2-10H,11H2,1H3,(H,22,23)(H,24,25). The Morgan fingerprint density at radius 2 is 1.93 bits per heavy atom. The number of nitrogens with one attached hydrogen (secondary N) is 2. The molecule has 1 aliphatic rings. The van der Waals surface area contributed by atoms with E-state index < -0.39 is 0 Å². The fraction of sp³-hybridized carbons (Fsp3) is 0.100. The van der Waals surface area contributed by atoms with Gasteiger partial charge >= 0.3 is 0 Å². The van der Waals surface area contributed by atoms with Crippen LogP contribution >= 0.6 is 11.6 Å². The summed E-state index contributed by atoms with van der Waals surface area (Å²) >= 11 is 5.96. The number of nitrogens with zero attached hydrogens (tertiary/aromatic N) is 1. The van der Waals surface area contributed by atoms with E-state index in [0.717, 1.165) is 11.3 Å². The first-order valence-electron chi connectivity index (χ1n) is 8.29. The van der Waals surface area contributed by atoms with Crippen molar-refractivity contribution in [3.63, 3.8) is 0 Å². The molecular formula is C20H16ClN3O3. The van der Waals surface area contributed by atoms with E-state index in [-0.39, 0.29) is 12.7 Å². The number of carbonyl (C=O) groups is 1. The number of ether oxygens (including phenoxy) is 2. The van der Waals surface area contributed by atoms with Crippen LogP contribution in [-0.4, -0.2) is 17.7 Å². The lowest BCUT2D eigenvalue weighted by Gasteiger charge is -2.10. The summed E-state index contributed by atoms with van der Waals surface area (Å²) in [5, 5.41) is 6.69. The second-order valence-corrected chi connectivity index (χ2v) is 6.47. The molecule has 0 saturated heterocycles. The number of hydrogen-bond acceptors (Lipinski definition) is 5. The summed E-state index contributed by atoms with van der Waals surface area (Å²) in [6, 6.07) is 14.2. The van der Waals surface area contributed by atoms with Gasteiger partial charge in [0.25, 0.3) is 5.91 Å². The maximum atomic E-state index is 12.6. The van der Waals surface area contributed by atoms with E-state index >= 15 is 0 Å². The minimum absolute atomic E-state index is 0.219. The van der Waals surface area contributed by atoms with Gasteiger partial charge in [0.15, 0.2) is 11.5 Å². The molecule has 2 heterocycles. The van der Waals surface area contributed by atoms with Crippen molar-refractivity contribution in [3.8, 4) is 11.5 Å². The Kier molecular flexibility index (Phi) is 4.56. The number of rotatable bonds is 4. The molecule has 3 aromatic rings. The van der Waals surface area contributed by atoms with Crippen molar-refractivity contribution in [1.29, 1.82) is 0 Å². The maximum absolute atomic E-state index is 12.6. The van der Waals surface area contributed by atoms with E-state index in [4.69, 9.17) is 21.1 Å². The third kappa shape index (κ3) is 3.80. The number of aryl methyl sites for hydroxylation is 1. The van der Waals surface area contributed by atoms with Gasteiger partial charge in [-0.1, -0.05) is 11.6 Å². The van der Waals surface area contributed by atoms with Crippen LogP contribution in [0.3, 0.4) is 0 Å². The minimum Gasteiger partial charge on any atom is -0.454 e. The minimum atomic E-state index is -0.225. The zero-order valence-electron chi connectivity index (χ0n) is 14.5. The van der Waals surface area contributed by atoms with Gasteiger partial charge in [0.05, 0.1) is 0 Å². The highest BCUT2D eigenvalue weighted by atomic mass is 35.5. The lowest BCUT2D eigenvalue weighted by Crippen LogP contribution is -2.13. The first-order chi connectivity index (χ1) is 13.1. The highest BCUT2D eigenvalue weighted by Crippen LogP contribution is 2.35. The predicted molar refractivity (Wildman–Crippen MR) is 104 cm³/mol. The summed E-state index contributed by atoms with van der Waals surface area (Å²) in [5.41, 5.74) is 2.88. The highest BCUT2D eigenvalue weighted by molar-refractivity contribution is 6.30. The Labute approximate surface area is 161 Å². The largest absolute Gasteiger partial charge is 0.454 e. The van der Waals surface area contributed by atoms with Crippen LogP contribution in [0.25, 0.3) is 0 Å². The number of carbonyl (C=O) groups excluding carboxylic acids is 1. The quantitative estimate of drug-likeness (QED) is 0.681. The zero-order chi connectivity index (χ0) is 18.8. The maximum Gasteiger partial charge on any atom is 0.255 e. The molecular weight excluding hydrogens is 366 g/mol. The molecule has 2 N–H and O–H groups in total. The molecule has 4 rings (SSSR count). The number of anilines is 3. The molecule has 1 aromatic heterocycles. The van der Waals surface area contributed by atoms with E-state index in [0.29, 0.717) is 33.6 Å². The Balaban J connectivity index is 1.51. The lowest BCUT2D eigenvalue weighted by molar-refractivity contribution is 0.102. The van der Waals surface area contributed by atoms with Crippen LogP contribution in [0.5, 0.6) is 11.5 Å². The fourth-order valence-electron chi connectivity index (χ4n) is 2.72. The van der Waals surface area contributed by atoms with Gasteiger partial charge in [-0.25, -0.2) is 4.98 Å². The number of aromatic nitrogens is 1. The molecule has 0 fully saturated rings. The molecule has 27 heavy (non-hydrogen) atoms. The smallest absolute Gasteiger partial charge is 0.255 e. The first-order valence-corrected chi connectivity index (χ1v) is 8.66. The van der Waals surface area contributed by atoms with E-state index in [1.165, 1.54) is 0 Å². The van der Waals surface area contributed by atoms with Gasteiger partial charge in [-0.05, 0) is 55.0 Å². The molecule has 2 aromatic carbocycles. The highest BCUT2D eigenvalue weighted by Gasteiger charge is 2.14. The van der Waals surface area contributed by atoms with Crippen LogP contribution in [0.4, 0.5) is 17.2 Å². The Morgan fingerprint density at radius 1 is 1.07 bits per heavy atom. The molecule has 1 aliphatic heterocycles. The molecule has 7 heteroatoms. The van der Waals surface area contributed by atoms with Crippen molar-refractivity contribution in [2.45, 2.75) is 6.92 Å². The molecule has 0 spiro atoms. The van der Waals surface area contributed by atoms with Crippen molar-refractivity contribution in [3.05, 3.63) is 70.9 Å². The second kappa shape index (κ2) is 7.17. The van der Waals surface area contributed by atoms with Crippen LogP contribution in [0.15, 0.2) is 54.7 Å². The number of pyridine rings is 1. The number of fused-ring (bicyclic) bond motifs is 1. The number of hydrogen-bond donors (Lipinski definition) is 2. The van der Waals surface area contributed by atoms with Gasteiger partial charge < -0.3 is 20.1 Å². The van der Waals surface area contributed by atoms with Gasteiger partial charge in [0, 0.05) is 34.2 Å². The van der Waals surface area contributed by atoms with Crippen molar-refractivity contribution in [1.82, 2.24) is 4.98 Å². The van der Waals surface area contributed by atoms with Gasteiger partial charge in [-0.2, -0.15) is 0 Å². The van der Waals surface area contributed by atoms with Gasteiger partial charge in [0.1, 0.15) is 5.82 Å². The molecule has 0 aliphatic carbocycles. The van der Waals surface area contributed by atoms with Crippen LogP contribution in [0.1, 0.15) is 15.9 Å². The lowest BCUT2D eigenvalue weighted by atomic mass is 10.2. The van der Waals surface area contributed by atoms with Crippen molar-refractivity contribution in [2.75, 3.05) is 17.4 Å². The first kappa shape index (κ1) is 17.2. The van der Waals surface area contributed by atoms with Crippen molar-refractivity contribution >= 4 is 34.7 Å². The summed E-state index contributed by atoms with van der Waals surface area (Å²) in [7, 11) is 0. The predicted octanol–water partition coefficient (Wildman–Crippen LogP) is 4.77. The third-order valence-electron chi connectivity index (χ3n) is 4.10. The molecule has 0 atom stereocenters.